The van der Waals surface area contributed by atoms with E-state index in [1.54, 1.807) is 0 Å². The van der Waals surface area contributed by atoms with Crippen LogP contribution >= 0.6 is 0 Å². The molecular formula is C15H25NO. The Kier molecular flexibility index (Phi) is 5.49. The maximum absolute atomic E-state index is 5.45. The second kappa shape index (κ2) is 6.65. The molecule has 2 aliphatic rings. The molecule has 0 N–H and O–H groups in total. The van der Waals surface area contributed by atoms with E-state index in [1.165, 1.54) is 0 Å². The van der Waals surface area contributed by atoms with Crippen LogP contribution in [0.3, 0.4) is 0 Å². The summed E-state index contributed by atoms with van der Waals surface area (Å²) in [5.41, 5.74) is 2.17. The lowest BCUT2D eigenvalue weighted by Gasteiger charge is -2.19. The molecule has 2 saturated heterocycles. The van der Waals surface area contributed by atoms with E-state index in [4.69, 9.17) is 4.74 Å². The third-order valence-electron chi connectivity index (χ3n) is 3.21. The molecule has 96 valence electrons. The molecule has 0 saturated carbocycles. The van der Waals surface area contributed by atoms with Crippen molar-refractivity contribution in [2.75, 3.05) is 26.3 Å². The molecule has 0 spiro atoms. The molecule has 0 aliphatic carbocycles. The van der Waals surface area contributed by atoms with Gasteiger partial charge >= 0.3 is 0 Å². The molecule has 2 rings (SSSR count). The molecule has 2 heterocycles. The molecule has 0 aromatic rings. The Balaban J connectivity index is 0.000000686. The first kappa shape index (κ1) is 14.0. The van der Waals surface area contributed by atoms with Crippen LogP contribution in [0.4, 0.5) is 0 Å². The van der Waals surface area contributed by atoms with Crippen LogP contribution < -0.4 is 0 Å². The van der Waals surface area contributed by atoms with Gasteiger partial charge in [-0.05, 0) is 13.0 Å². The summed E-state index contributed by atoms with van der Waals surface area (Å²) in [6.07, 6.45) is 4.08. The average Bonchev–Trinajstić information content (AvgIpc) is 2.88. The van der Waals surface area contributed by atoms with Crippen molar-refractivity contribution in [3.8, 4) is 0 Å². The largest absolute Gasteiger partial charge is 0.381 e. The summed E-state index contributed by atoms with van der Waals surface area (Å²) < 4.78 is 5.45. The average molecular weight is 235 g/mol. The first-order chi connectivity index (χ1) is 8.16. The Morgan fingerprint density at radius 2 is 1.65 bits per heavy atom. The maximum atomic E-state index is 5.45. The molecule has 2 aliphatic heterocycles. The number of nitrogens with zero attached hydrogens (tertiary/aromatic N) is 1. The van der Waals surface area contributed by atoms with E-state index >= 15 is 0 Å². The van der Waals surface area contributed by atoms with E-state index in [-0.39, 0.29) is 0 Å². The van der Waals surface area contributed by atoms with Crippen molar-refractivity contribution in [1.82, 2.24) is 4.90 Å². The minimum Gasteiger partial charge on any atom is -0.381 e. The number of likely N-dealkylation sites (tertiary alicyclic amines) is 1. The molecule has 2 unspecified atom stereocenters. The first-order valence-electron chi connectivity index (χ1n) is 6.52. The van der Waals surface area contributed by atoms with Crippen molar-refractivity contribution in [2.45, 2.75) is 20.8 Å². The number of allylic oxidation sites excluding steroid dienone is 3. The maximum Gasteiger partial charge on any atom is 0.0515 e. The SMILES string of the molecule is C=C(C)/C=C\C(=C)N1CC2COCC2C1.CC. The van der Waals surface area contributed by atoms with Gasteiger partial charge in [-0.2, -0.15) is 0 Å². The number of rotatable bonds is 3. The summed E-state index contributed by atoms with van der Waals surface area (Å²) in [6, 6.07) is 0. The lowest BCUT2D eigenvalue weighted by atomic mass is 10.0. The highest BCUT2D eigenvalue weighted by molar-refractivity contribution is 5.23. The number of fused-ring (bicyclic) bond motifs is 1. The van der Waals surface area contributed by atoms with Crippen molar-refractivity contribution >= 4 is 0 Å². The summed E-state index contributed by atoms with van der Waals surface area (Å²) in [6.45, 7) is 18.0. The molecule has 0 aromatic carbocycles. The highest BCUT2D eigenvalue weighted by Crippen LogP contribution is 2.31. The Morgan fingerprint density at radius 1 is 1.12 bits per heavy atom. The molecule has 0 radical (unpaired) electrons. The third kappa shape index (κ3) is 3.74. The predicted octanol–water partition coefficient (Wildman–Crippen LogP) is 3.24. The highest BCUT2D eigenvalue weighted by Gasteiger charge is 2.36. The zero-order valence-electron chi connectivity index (χ0n) is 11.4. The van der Waals surface area contributed by atoms with Crippen molar-refractivity contribution in [1.29, 1.82) is 0 Å². The molecule has 0 amide bonds. The standard InChI is InChI=1S/C13H19NO.C2H6/c1-10(2)4-5-11(3)14-6-12-8-15-9-13(12)7-14;1-2/h4-5,12-13H,1,3,6-9H2,2H3;1-2H3/b5-4-;. The van der Waals surface area contributed by atoms with Gasteiger partial charge in [0.25, 0.3) is 0 Å². The normalized spacial score (nSPS) is 26.6. The number of hydrogen-bond donors (Lipinski definition) is 0. The second-order valence-electron chi connectivity index (χ2n) is 4.63. The van der Waals surface area contributed by atoms with Crippen molar-refractivity contribution in [3.63, 3.8) is 0 Å². The van der Waals surface area contributed by atoms with Gasteiger partial charge in [0.2, 0.25) is 0 Å². The fourth-order valence-corrected chi connectivity index (χ4v) is 2.27. The highest BCUT2D eigenvalue weighted by atomic mass is 16.5. The quantitative estimate of drug-likeness (QED) is 0.696. The van der Waals surface area contributed by atoms with E-state index in [9.17, 15) is 0 Å². The van der Waals surface area contributed by atoms with Crippen molar-refractivity contribution in [2.24, 2.45) is 11.8 Å². The second-order valence-corrected chi connectivity index (χ2v) is 4.63. The van der Waals surface area contributed by atoms with Gasteiger partial charge < -0.3 is 9.64 Å². The van der Waals surface area contributed by atoms with E-state index in [0.717, 1.165) is 49.4 Å². The minimum absolute atomic E-state index is 0.722. The number of hydrogen-bond acceptors (Lipinski definition) is 2. The zero-order valence-corrected chi connectivity index (χ0v) is 11.4. The van der Waals surface area contributed by atoms with Gasteiger partial charge in [0.1, 0.15) is 0 Å². The van der Waals surface area contributed by atoms with Crippen LogP contribution in [-0.4, -0.2) is 31.2 Å². The van der Waals surface area contributed by atoms with Crippen LogP contribution in [0.25, 0.3) is 0 Å². The third-order valence-corrected chi connectivity index (χ3v) is 3.21. The molecule has 2 nitrogen and oxygen atoms in total. The summed E-state index contributed by atoms with van der Waals surface area (Å²) in [5.74, 6) is 1.44. The van der Waals surface area contributed by atoms with Crippen LogP contribution in [0.2, 0.25) is 0 Å². The molecule has 2 heteroatoms. The summed E-state index contributed by atoms with van der Waals surface area (Å²) >= 11 is 0. The monoisotopic (exact) mass is 235 g/mol. The summed E-state index contributed by atoms with van der Waals surface area (Å²) in [5, 5.41) is 0. The Hall–Kier alpha value is -1.02. The molecule has 0 aromatic heterocycles. The smallest absolute Gasteiger partial charge is 0.0515 e. The molecule has 2 atom stereocenters. The van der Waals surface area contributed by atoms with Crippen LogP contribution in [0, 0.1) is 11.8 Å². The summed E-state index contributed by atoms with van der Waals surface area (Å²) in [7, 11) is 0. The Morgan fingerprint density at radius 3 is 2.12 bits per heavy atom. The fraction of sp³-hybridized carbons (Fsp3) is 0.600. The van der Waals surface area contributed by atoms with Crippen LogP contribution in [-0.2, 0) is 4.74 Å². The molecule has 2 fully saturated rings. The van der Waals surface area contributed by atoms with Gasteiger partial charge in [-0.3, -0.25) is 0 Å². The van der Waals surface area contributed by atoms with Gasteiger partial charge in [0.05, 0.1) is 13.2 Å². The van der Waals surface area contributed by atoms with Crippen LogP contribution in [0.1, 0.15) is 20.8 Å². The Bertz CT molecular complexity index is 294. The van der Waals surface area contributed by atoms with Crippen LogP contribution in [0.15, 0.2) is 36.6 Å². The topological polar surface area (TPSA) is 12.5 Å². The van der Waals surface area contributed by atoms with Crippen LogP contribution in [0.5, 0.6) is 0 Å². The summed E-state index contributed by atoms with van der Waals surface area (Å²) in [4.78, 5) is 2.36. The molecule has 0 bridgehead atoms. The van der Waals surface area contributed by atoms with E-state index in [2.05, 4.69) is 24.1 Å². The van der Waals surface area contributed by atoms with E-state index in [1.807, 2.05) is 26.8 Å². The van der Waals surface area contributed by atoms with Gasteiger partial charge in [-0.1, -0.05) is 38.7 Å². The fourth-order valence-electron chi connectivity index (χ4n) is 2.27. The minimum atomic E-state index is 0.722. The Labute approximate surface area is 106 Å². The van der Waals surface area contributed by atoms with Gasteiger partial charge in [0.15, 0.2) is 0 Å². The predicted molar refractivity (Wildman–Crippen MR) is 73.8 cm³/mol. The van der Waals surface area contributed by atoms with Gasteiger partial charge in [0, 0.05) is 30.6 Å². The lowest BCUT2D eigenvalue weighted by molar-refractivity contribution is 0.162. The molecular weight excluding hydrogens is 210 g/mol. The van der Waals surface area contributed by atoms with Gasteiger partial charge in [-0.25, -0.2) is 0 Å². The van der Waals surface area contributed by atoms with E-state index < -0.39 is 0 Å². The van der Waals surface area contributed by atoms with E-state index in [0.29, 0.717) is 0 Å². The van der Waals surface area contributed by atoms with Gasteiger partial charge in [-0.15, -0.1) is 0 Å². The first-order valence-corrected chi connectivity index (χ1v) is 6.52. The zero-order chi connectivity index (χ0) is 12.8. The molecule has 17 heavy (non-hydrogen) atoms. The number of ether oxygens (including phenoxy) is 1. The van der Waals surface area contributed by atoms with Crippen molar-refractivity contribution in [3.05, 3.63) is 36.6 Å². The lowest BCUT2D eigenvalue weighted by Crippen LogP contribution is -2.20. The van der Waals surface area contributed by atoms with Crippen molar-refractivity contribution < 1.29 is 4.74 Å².